The molecule has 5 nitrogen and oxygen atoms in total. The molecule has 1 aliphatic rings. The number of likely N-dealkylation sites (tertiary alicyclic amines) is 1. The maximum absolute atomic E-state index is 12.4. The van der Waals surface area contributed by atoms with E-state index in [1.54, 1.807) is 6.92 Å². The van der Waals surface area contributed by atoms with Gasteiger partial charge in [0, 0.05) is 24.6 Å². The van der Waals surface area contributed by atoms with Crippen molar-refractivity contribution in [2.75, 3.05) is 12.3 Å². The second-order valence-electron chi connectivity index (χ2n) is 5.77. The van der Waals surface area contributed by atoms with Gasteiger partial charge in [-0.3, -0.25) is 9.59 Å². The average Bonchev–Trinajstić information content (AvgIpc) is 3.02. The first-order valence-corrected chi connectivity index (χ1v) is 8.70. The van der Waals surface area contributed by atoms with Crippen LogP contribution in [0.3, 0.4) is 0 Å². The smallest absolute Gasteiger partial charge is 0.326 e. The highest BCUT2D eigenvalue weighted by Gasteiger charge is 2.35. The molecule has 2 atom stereocenters. The molecule has 124 valence electrons. The fourth-order valence-corrected chi connectivity index (χ4v) is 3.52. The van der Waals surface area contributed by atoms with Crippen molar-refractivity contribution >= 4 is 28.8 Å². The van der Waals surface area contributed by atoms with Crippen molar-refractivity contribution < 1.29 is 19.5 Å². The largest absolute Gasteiger partial charge is 0.480 e. The molecule has 0 bridgehead atoms. The van der Waals surface area contributed by atoms with E-state index in [2.05, 4.69) is 0 Å². The Hall–Kier alpha value is -1.82. The number of carbonyl (C=O) groups excluding carboxylic acids is 2. The van der Waals surface area contributed by atoms with Crippen LogP contribution in [0.4, 0.5) is 0 Å². The molecule has 1 aliphatic heterocycles. The number of thioether (sulfide) groups is 1. The van der Waals surface area contributed by atoms with E-state index < -0.39 is 12.0 Å². The highest BCUT2D eigenvalue weighted by Crippen LogP contribution is 2.22. The minimum absolute atomic E-state index is 0.0204. The molecule has 0 spiro atoms. The summed E-state index contributed by atoms with van der Waals surface area (Å²) in [6.45, 7) is 2.24. The summed E-state index contributed by atoms with van der Waals surface area (Å²) in [5, 5.41) is 9.16. The molecule has 1 fully saturated rings. The van der Waals surface area contributed by atoms with Crippen LogP contribution in [0.5, 0.6) is 0 Å². The first kappa shape index (κ1) is 17.5. The predicted octanol–water partition coefficient (Wildman–Crippen LogP) is 2.20. The highest BCUT2D eigenvalue weighted by molar-refractivity contribution is 8.13. The lowest BCUT2D eigenvalue weighted by molar-refractivity contribution is -0.149. The van der Waals surface area contributed by atoms with Gasteiger partial charge in [-0.05, 0) is 18.4 Å². The zero-order valence-corrected chi connectivity index (χ0v) is 13.9. The maximum Gasteiger partial charge on any atom is 0.326 e. The van der Waals surface area contributed by atoms with Gasteiger partial charge in [-0.25, -0.2) is 4.79 Å². The maximum atomic E-state index is 12.4. The quantitative estimate of drug-likeness (QED) is 0.862. The van der Waals surface area contributed by atoms with Gasteiger partial charge in [0.25, 0.3) is 0 Å². The molecule has 1 amide bonds. The molecular formula is C17H21NO4S. The van der Waals surface area contributed by atoms with Crippen LogP contribution in [0.15, 0.2) is 30.3 Å². The summed E-state index contributed by atoms with van der Waals surface area (Å²) in [5.41, 5.74) is 0.953. The van der Waals surface area contributed by atoms with Crippen molar-refractivity contribution in [1.29, 1.82) is 0 Å². The molecule has 1 aromatic rings. The number of carboxylic acid groups (broad SMARTS) is 1. The summed E-state index contributed by atoms with van der Waals surface area (Å²) in [5.74, 6) is -1.10. The molecule has 1 heterocycles. The summed E-state index contributed by atoms with van der Waals surface area (Å²) in [4.78, 5) is 36.9. The number of carbonyl (C=O) groups is 3. The molecule has 1 N–H and O–H groups in total. The Morgan fingerprint density at radius 3 is 2.65 bits per heavy atom. The fraction of sp³-hybridized carbons (Fsp3) is 0.471. The van der Waals surface area contributed by atoms with Crippen molar-refractivity contribution in [1.82, 2.24) is 4.90 Å². The van der Waals surface area contributed by atoms with Crippen LogP contribution < -0.4 is 0 Å². The molecular weight excluding hydrogens is 314 g/mol. The molecule has 6 heteroatoms. The topological polar surface area (TPSA) is 74.7 Å². The van der Waals surface area contributed by atoms with E-state index in [-0.39, 0.29) is 16.9 Å². The molecule has 0 saturated carbocycles. The minimum Gasteiger partial charge on any atom is -0.480 e. The lowest BCUT2D eigenvalue weighted by atomic mass is 10.1. The molecule has 0 radical (unpaired) electrons. The van der Waals surface area contributed by atoms with Gasteiger partial charge in [0.1, 0.15) is 6.04 Å². The van der Waals surface area contributed by atoms with Crippen molar-refractivity contribution in [2.24, 2.45) is 5.92 Å². The third kappa shape index (κ3) is 4.82. The summed E-state index contributed by atoms with van der Waals surface area (Å²) >= 11 is 1.14. The molecule has 0 aliphatic carbocycles. The van der Waals surface area contributed by atoms with E-state index in [4.69, 9.17) is 5.11 Å². The van der Waals surface area contributed by atoms with Crippen LogP contribution in [0.2, 0.25) is 0 Å². The number of aliphatic carboxylic acids is 1. The third-order valence-corrected chi connectivity index (χ3v) is 5.06. The van der Waals surface area contributed by atoms with Crippen LogP contribution in [0, 0.1) is 5.92 Å². The first-order valence-electron chi connectivity index (χ1n) is 7.72. The van der Waals surface area contributed by atoms with Gasteiger partial charge >= 0.3 is 5.97 Å². The number of nitrogens with zero attached hydrogens (tertiary/aromatic N) is 1. The van der Waals surface area contributed by atoms with Gasteiger partial charge < -0.3 is 10.0 Å². The van der Waals surface area contributed by atoms with Gasteiger partial charge in [-0.1, -0.05) is 49.0 Å². The second kappa shape index (κ2) is 8.15. The van der Waals surface area contributed by atoms with Crippen molar-refractivity contribution in [3.63, 3.8) is 0 Å². The highest BCUT2D eigenvalue weighted by atomic mass is 32.2. The lowest BCUT2D eigenvalue weighted by Crippen LogP contribution is -2.43. The van der Waals surface area contributed by atoms with E-state index >= 15 is 0 Å². The van der Waals surface area contributed by atoms with Gasteiger partial charge in [0.05, 0.1) is 0 Å². The van der Waals surface area contributed by atoms with Gasteiger partial charge in [0.2, 0.25) is 5.91 Å². The third-order valence-electron chi connectivity index (χ3n) is 3.93. The minimum atomic E-state index is -0.948. The Labute approximate surface area is 140 Å². The zero-order valence-electron chi connectivity index (χ0n) is 13.1. The van der Waals surface area contributed by atoms with Crippen LogP contribution in [-0.4, -0.2) is 45.3 Å². The standard InChI is InChI=1S/C17H21NO4S/c1-12(16(20)18-9-5-8-14(18)17(21)22)11-23-15(19)10-13-6-3-2-4-7-13/h2-4,6-7,12,14H,5,8-11H2,1H3,(H,21,22)/t12?,14-/m0/s1. The van der Waals surface area contributed by atoms with Crippen LogP contribution in [-0.2, 0) is 20.8 Å². The monoisotopic (exact) mass is 335 g/mol. The number of rotatable bonds is 6. The number of carboxylic acids is 1. The molecule has 0 aromatic heterocycles. The molecule has 1 saturated heterocycles. The van der Waals surface area contributed by atoms with Crippen molar-refractivity contribution in [3.8, 4) is 0 Å². The second-order valence-corrected chi connectivity index (χ2v) is 6.85. The summed E-state index contributed by atoms with van der Waals surface area (Å²) in [6, 6.07) is 8.76. The summed E-state index contributed by atoms with van der Waals surface area (Å²) < 4.78 is 0. The van der Waals surface area contributed by atoms with Crippen molar-refractivity contribution in [3.05, 3.63) is 35.9 Å². The van der Waals surface area contributed by atoms with Gasteiger partial charge in [-0.15, -0.1) is 0 Å². The SMILES string of the molecule is CC(CSC(=O)Cc1ccccc1)C(=O)N1CCC[C@H]1C(=O)O. The number of benzene rings is 1. The van der Waals surface area contributed by atoms with Crippen LogP contribution in [0.1, 0.15) is 25.3 Å². The van der Waals surface area contributed by atoms with E-state index in [1.165, 1.54) is 4.90 Å². The number of hydrogen-bond acceptors (Lipinski definition) is 4. The van der Waals surface area contributed by atoms with Gasteiger partial charge in [-0.2, -0.15) is 0 Å². The van der Waals surface area contributed by atoms with Gasteiger partial charge in [0.15, 0.2) is 5.12 Å². The number of amides is 1. The van der Waals surface area contributed by atoms with Crippen LogP contribution in [0.25, 0.3) is 0 Å². The summed E-state index contributed by atoms with van der Waals surface area (Å²) in [7, 11) is 0. The normalized spacial score (nSPS) is 18.7. The lowest BCUT2D eigenvalue weighted by Gasteiger charge is -2.24. The Morgan fingerprint density at radius 1 is 1.30 bits per heavy atom. The Kier molecular flexibility index (Phi) is 6.21. The van der Waals surface area contributed by atoms with Crippen molar-refractivity contribution in [2.45, 2.75) is 32.2 Å². The first-order chi connectivity index (χ1) is 11.0. The van der Waals surface area contributed by atoms with E-state index in [0.29, 0.717) is 25.1 Å². The molecule has 1 unspecified atom stereocenters. The summed E-state index contributed by atoms with van der Waals surface area (Å²) in [6.07, 6.45) is 1.57. The predicted molar refractivity (Wildman–Crippen MR) is 89.1 cm³/mol. The molecule has 2 rings (SSSR count). The van der Waals surface area contributed by atoms with Crippen LogP contribution >= 0.6 is 11.8 Å². The Morgan fingerprint density at radius 2 is 2.00 bits per heavy atom. The Bertz CT molecular complexity index is 575. The molecule has 23 heavy (non-hydrogen) atoms. The van der Waals surface area contributed by atoms with E-state index in [1.807, 2.05) is 30.3 Å². The average molecular weight is 335 g/mol. The number of hydrogen-bond donors (Lipinski definition) is 1. The fourth-order valence-electron chi connectivity index (χ4n) is 2.67. The Balaban J connectivity index is 1.82. The van der Waals surface area contributed by atoms with E-state index in [9.17, 15) is 14.4 Å². The zero-order chi connectivity index (χ0) is 16.8. The molecule has 1 aromatic carbocycles. The van der Waals surface area contributed by atoms with E-state index in [0.717, 1.165) is 23.7 Å².